The van der Waals surface area contributed by atoms with Crippen LogP contribution in [0.3, 0.4) is 0 Å². The third kappa shape index (κ3) is 1.95. The van der Waals surface area contributed by atoms with Crippen molar-refractivity contribution in [2.24, 2.45) is 0 Å². The summed E-state index contributed by atoms with van der Waals surface area (Å²) in [6, 6.07) is 7.09. The first-order chi connectivity index (χ1) is 8.70. The minimum atomic E-state index is -0.119. The van der Waals surface area contributed by atoms with Crippen LogP contribution >= 0.6 is 11.3 Å². The fourth-order valence-corrected chi connectivity index (χ4v) is 3.18. The molecule has 0 atom stereocenters. The Labute approximate surface area is 110 Å². The summed E-state index contributed by atoms with van der Waals surface area (Å²) in [4.78, 5) is 4.50. The van der Waals surface area contributed by atoms with Crippen LogP contribution in [0.5, 0.6) is 0 Å². The second kappa shape index (κ2) is 4.44. The van der Waals surface area contributed by atoms with Gasteiger partial charge in [0.25, 0.3) is 0 Å². The first kappa shape index (κ1) is 11.8. The third-order valence-corrected chi connectivity index (χ3v) is 4.38. The van der Waals surface area contributed by atoms with Crippen LogP contribution < -0.4 is 5.32 Å². The van der Waals surface area contributed by atoms with Crippen molar-refractivity contribution in [1.29, 1.82) is 0 Å². The lowest BCUT2D eigenvalue weighted by Gasteiger charge is -2.43. The van der Waals surface area contributed by atoms with Gasteiger partial charge >= 0.3 is 0 Å². The number of rotatable bonds is 3. The summed E-state index contributed by atoms with van der Waals surface area (Å²) in [6.45, 7) is 3.65. The van der Waals surface area contributed by atoms with Gasteiger partial charge in [0.2, 0.25) is 0 Å². The van der Waals surface area contributed by atoms with Crippen LogP contribution in [0.25, 0.3) is 0 Å². The zero-order chi connectivity index (χ0) is 12.6. The van der Waals surface area contributed by atoms with Crippen molar-refractivity contribution in [3.8, 4) is 0 Å². The molecular formula is C14H15FN2S. The molecule has 18 heavy (non-hydrogen) atoms. The molecule has 0 radical (unpaired) electrons. The topological polar surface area (TPSA) is 24.9 Å². The van der Waals surface area contributed by atoms with E-state index in [-0.39, 0.29) is 11.2 Å². The van der Waals surface area contributed by atoms with Gasteiger partial charge < -0.3 is 5.32 Å². The number of benzene rings is 1. The lowest BCUT2D eigenvalue weighted by Crippen LogP contribution is -2.58. The lowest BCUT2D eigenvalue weighted by atomic mass is 9.72. The highest BCUT2D eigenvalue weighted by Gasteiger charge is 2.41. The standard InChI is InChI=1S/C14H15FN2S/c1-10-17-11(7-18-10)6-14(8-16-9-14)12-4-2-3-5-13(12)15/h2-5,7,16H,6,8-9H2,1H3. The molecule has 1 aromatic heterocycles. The van der Waals surface area contributed by atoms with Crippen molar-refractivity contribution in [2.45, 2.75) is 18.8 Å². The van der Waals surface area contributed by atoms with E-state index in [4.69, 9.17) is 0 Å². The molecule has 1 N–H and O–H groups in total. The number of halogens is 1. The first-order valence-electron chi connectivity index (χ1n) is 6.06. The van der Waals surface area contributed by atoms with E-state index in [9.17, 15) is 4.39 Å². The van der Waals surface area contributed by atoms with Gasteiger partial charge in [-0.15, -0.1) is 11.3 Å². The zero-order valence-corrected chi connectivity index (χ0v) is 11.1. The minimum absolute atomic E-state index is 0.106. The molecule has 2 heterocycles. The van der Waals surface area contributed by atoms with Crippen LogP contribution in [0, 0.1) is 12.7 Å². The fourth-order valence-electron chi connectivity index (χ4n) is 2.56. The molecule has 1 aliphatic heterocycles. The highest BCUT2D eigenvalue weighted by molar-refractivity contribution is 7.09. The van der Waals surface area contributed by atoms with E-state index in [0.717, 1.165) is 35.8 Å². The molecule has 1 saturated heterocycles. The first-order valence-corrected chi connectivity index (χ1v) is 6.94. The quantitative estimate of drug-likeness (QED) is 0.920. The van der Waals surface area contributed by atoms with Crippen molar-refractivity contribution in [1.82, 2.24) is 10.3 Å². The molecule has 94 valence electrons. The van der Waals surface area contributed by atoms with Gasteiger partial charge in [-0.05, 0) is 18.6 Å². The summed E-state index contributed by atoms with van der Waals surface area (Å²) in [5.41, 5.74) is 1.77. The van der Waals surface area contributed by atoms with Crippen LogP contribution in [0.15, 0.2) is 29.6 Å². The predicted octanol–water partition coefficient (Wildman–Crippen LogP) is 2.67. The number of nitrogens with one attached hydrogen (secondary N) is 1. The van der Waals surface area contributed by atoms with Crippen molar-refractivity contribution in [3.63, 3.8) is 0 Å². The Kier molecular flexibility index (Phi) is 2.92. The second-order valence-corrected chi connectivity index (χ2v) is 5.96. The number of aromatic nitrogens is 1. The molecule has 2 aromatic rings. The molecule has 1 fully saturated rings. The molecule has 1 aromatic carbocycles. The van der Waals surface area contributed by atoms with Crippen LogP contribution in [-0.4, -0.2) is 18.1 Å². The monoisotopic (exact) mass is 262 g/mol. The molecule has 0 aliphatic carbocycles. The number of nitrogens with zero attached hydrogens (tertiary/aromatic N) is 1. The highest BCUT2D eigenvalue weighted by atomic mass is 32.1. The smallest absolute Gasteiger partial charge is 0.127 e. The van der Waals surface area contributed by atoms with E-state index in [1.54, 1.807) is 23.5 Å². The average molecular weight is 262 g/mol. The maximum atomic E-state index is 14.0. The molecule has 4 heteroatoms. The summed E-state index contributed by atoms with van der Waals surface area (Å²) in [7, 11) is 0. The number of thiazole rings is 1. The van der Waals surface area contributed by atoms with Gasteiger partial charge in [-0.25, -0.2) is 9.37 Å². The highest BCUT2D eigenvalue weighted by Crippen LogP contribution is 2.34. The average Bonchev–Trinajstić information content (AvgIpc) is 2.71. The van der Waals surface area contributed by atoms with E-state index in [2.05, 4.69) is 15.7 Å². The van der Waals surface area contributed by atoms with Gasteiger partial charge in [0, 0.05) is 30.3 Å². The Hall–Kier alpha value is -1.26. The minimum Gasteiger partial charge on any atom is -0.315 e. The summed E-state index contributed by atoms with van der Waals surface area (Å²) < 4.78 is 14.0. The molecule has 0 unspecified atom stereocenters. The van der Waals surface area contributed by atoms with Crippen LogP contribution in [0.4, 0.5) is 4.39 Å². The Morgan fingerprint density at radius 3 is 2.72 bits per heavy atom. The van der Waals surface area contributed by atoms with Gasteiger partial charge in [0.15, 0.2) is 0 Å². The molecule has 0 amide bonds. The molecule has 0 saturated carbocycles. The number of aryl methyl sites for hydroxylation is 1. The fraction of sp³-hybridized carbons (Fsp3) is 0.357. The Morgan fingerprint density at radius 1 is 1.39 bits per heavy atom. The Morgan fingerprint density at radius 2 is 2.17 bits per heavy atom. The van der Waals surface area contributed by atoms with E-state index in [0.29, 0.717) is 0 Å². The van der Waals surface area contributed by atoms with E-state index >= 15 is 0 Å². The molecule has 1 aliphatic rings. The summed E-state index contributed by atoms with van der Waals surface area (Å²) in [5.74, 6) is -0.106. The molecule has 0 bridgehead atoms. The summed E-state index contributed by atoms with van der Waals surface area (Å²) >= 11 is 1.65. The summed E-state index contributed by atoms with van der Waals surface area (Å²) in [5, 5.41) is 6.41. The molecular weight excluding hydrogens is 247 g/mol. The van der Waals surface area contributed by atoms with Gasteiger partial charge in [-0.1, -0.05) is 18.2 Å². The third-order valence-electron chi connectivity index (χ3n) is 3.56. The van der Waals surface area contributed by atoms with Crippen molar-refractivity contribution >= 4 is 11.3 Å². The van der Waals surface area contributed by atoms with Gasteiger partial charge in [0.1, 0.15) is 5.82 Å². The van der Waals surface area contributed by atoms with Gasteiger partial charge in [-0.2, -0.15) is 0 Å². The van der Waals surface area contributed by atoms with Gasteiger partial charge in [-0.3, -0.25) is 0 Å². The zero-order valence-electron chi connectivity index (χ0n) is 10.2. The van der Waals surface area contributed by atoms with E-state index in [1.165, 1.54) is 0 Å². The predicted molar refractivity (Wildman–Crippen MR) is 71.5 cm³/mol. The van der Waals surface area contributed by atoms with E-state index in [1.807, 2.05) is 19.1 Å². The maximum absolute atomic E-state index is 14.0. The largest absolute Gasteiger partial charge is 0.315 e. The second-order valence-electron chi connectivity index (χ2n) is 4.90. The van der Waals surface area contributed by atoms with Crippen molar-refractivity contribution < 1.29 is 4.39 Å². The van der Waals surface area contributed by atoms with Gasteiger partial charge in [0.05, 0.1) is 10.7 Å². The Bertz CT molecular complexity index is 560. The maximum Gasteiger partial charge on any atom is 0.127 e. The molecule has 3 rings (SSSR count). The molecule has 2 nitrogen and oxygen atoms in total. The van der Waals surface area contributed by atoms with Crippen molar-refractivity contribution in [2.75, 3.05) is 13.1 Å². The van der Waals surface area contributed by atoms with Crippen LogP contribution in [-0.2, 0) is 11.8 Å². The number of hydrogen-bond donors (Lipinski definition) is 1. The lowest BCUT2D eigenvalue weighted by molar-refractivity contribution is 0.264. The summed E-state index contributed by atoms with van der Waals surface area (Å²) in [6.07, 6.45) is 0.811. The SMILES string of the molecule is Cc1nc(CC2(c3ccccc3F)CNC2)cs1. The van der Waals surface area contributed by atoms with Crippen LogP contribution in [0.2, 0.25) is 0 Å². The molecule has 0 spiro atoms. The van der Waals surface area contributed by atoms with Crippen LogP contribution in [0.1, 0.15) is 16.3 Å². The van der Waals surface area contributed by atoms with E-state index < -0.39 is 0 Å². The number of hydrogen-bond acceptors (Lipinski definition) is 3. The van der Waals surface area contributed by atoms with Crippen molar-refractivity contribution in [3.05, 3.63) is 51.7 Å². The Balaban J connectivity index is 1.93. The normalized spacial score (nSPS) is 17.4.